The maximum atomic E-state index is 13.2. The van der Waals surface area contributed by atoms with Gasteiger partial charge in [0.25, 0.3) is 5.56 Å². The molecule has 1 aromatic heterocycles. The number of hydrogen-bond acceptors (Lipinski definition) is 5. The van der Waals surface area contributed by atoms with Crippen molar-refractivity contribution >= 4 is 22.6 Å². The molecule has 0 aliphatic carbocycles. The number of methoxy groups -OCH3 is 2. The predicted octanol–water partition coefficient (Wildman–Crippen LogP) is 3.67. The largest absolute Gasteiger partial charge is 0.497 e. The number of ether oxygens (including phenoxy) is 2. The number of fused-ring (bicyclic) bond motifs is 1. The molecule has 0 saturated heterocycles. The molecule has 0 fully saturated rings. The van der Waals surface area contributed by atoms with E-state index >= 15 is 0 Å². The van der Waals surface area contributed by atoms with Crippen LogP contribution in [0.2, 0.25) is 0 Å². The SMILES string of the molecule is CCn1c(C(C)N(CCOC)C(=O)Nc2cccc(OC)c2)nc2ccccc2c1=O. The molecule has 3 rings (SSSR count). The molecular weight excluding hydrogens is 396 g/mol. The second kappa shape index (κ2) is 10.1. The summed E-state index contributed by atoms with van der Waals surface area (Å²) >= 11 is 0. The Hall–Kier alpha value is -3.39. The number of carbonyl (C=O) groups excluding carboxylic acids is 1. The van der Waals surface area contributed by atoms with Gasteiger partial charge in [0.15, 0.2) is 0 Å². The molecule has 0 radical (unpaired) electrons. The molecule has 1 unspecified atom stereocenters. The average Bonchev–Trinajstić information content (AvgIpc) is 2.79. The summed E-state index contributed by atoms with van der Waals surface area (Å²) in [5.41, 5.74) is 1.10. The number of hydrogen-bond donors (Lipinski definition) is 1. The highest BCUT2D eigenvalue weighted by Gasteiger charge is 2.26. The zero-order valence-electron chi connectivity index (χ0n) is 18.3. The Kier molecular flexibility index (Phi) is 7.25. The van der Waals surface area contributed by atoms with Gasteiger partial charge in [0, 0.05) is 32.0 Å². The van der Waals surface area contributed by atoms with Gasteiger partial charge in [0.2, 0.25) is 0 Å². The quantitative estimate of drug-likeness (QED) is 0.596. The zero-order chi connectivity index (χ0) is 22.4. The highest BCUT2D eigenvalue weighted by atomic mass is 16.5. The van der Waals surface area contributed by atoms with Gasteiger partial charge < -0.3 is 19.7 Å². The van der Waals surface area contributed by atoms with E-state index in [2.05, 4.69) is 5.32 Å². The molecule has 1 N–H and O–H groups in total. The van der Waals surface area contributed by atoms with Gasteiger partial charge in [0.05, 0.1) is 30.7 Å². The molecule has 0 aliphatic rings. The van der Waals surface area contributed by atoms with E-state index in [4.69, 9.17) is 14.5 Å². The Balaban J connectivity index is 1.98. The smallest absolute Gasteiger partial charge is 0.322 e. The molecule has 0 bridgehead atoms. The number of benzene rings is 2. The molecule has 2 aromatic carbocycles. The standard InChI is InChI=1S/C23H28N4O4/c1-5-26-21(25-20-12-7-6-11-19(20)22(26)28)16(2)27(13-14-30-3)23(29)24-17-9-8-10-18(15-17)31-4/h6-12,15-16H,5,13-14H2,1-4H3,(H,24,29). The summed E-state index contributed by atoms with van der Waals surface area (Å²) in [5.74, 6) is 1.17. The van der Waals surface area contributed by atoms with E-state index in [1.54, 1.807) is 54.0 Å². The lowest BCUT2D eigenvalue weighted by Gasteiger charge is -2.30. The van der Waals surface area contributed by atoms with Gasteiger partial charge in [-0.3, -0.25) is 9.36 Å². The van der Waals surface area contributed by atoms with Crippen LogP contribution < -0.4 is 15.6 Å². The lowest BCUT2D eigenvalue weighted by atomic mass is 10.2. The fourth-order valence-electron chi connectivity index (χ4n) is 3.51. The molecule has 1 atom stereocenters. The van der Waals surface area contributed by atoms with Crippen molar-refractivity contribution < 1.29 is 14.3 Å². The monoisotopic (exact) mass is 424 g/mol. The topological polar surface area (TPSA) is 85.7 Å². The van der Waals surface area contributed by atoms with Gasteiger partial charge in [-0.25, -0.2) is 9.78 Å². The molecule has 31 heavy (non-hydrogen) atoms. The molecule has 8 heteroatoms. The van der Waals surface area contributed by atoms with Gasteiger partial charge in [0.1, 0.15) is 11.6 Å². The number of nitrogens with zero attached hydrogens (tertiary/aromatic N) is 3. The third-order valence-electron chi connectivity index (χ3n) is 5.17. The Morgan fingerprint density at radius 3 is 2.68 bits per heavy atom. The van der Waals surface area contributed by atoms with Crippen LogP contribution in [-0.4, -0.2) is 47.9 Å². The molecule has 2 amide bonds. The van der Waals surface area contributed by atoms with Gasteiger partial charge in [-0.2, -0.15) is 0 Å². The Labute approximate surface area is 181 Å². The lowest BCUT2D eigenvalue weighted by Crippen LogP contribution is -2.41. The van der Waals surface area contributed by atoms with Crippen LogP contribution in [0.25, 0.3) is 10.9 Å². The number of anilines is 1. The van der Waals surface area contributed by atoms with Crippen molar-refractivity contribution in [3.8, 4) is 5.75 Å². The number of rotatable bonds is 8. The summed E-state index contributed by atoms with van der Waals surface area (Å²) in [6, 6.07) is 13.6. The molecule has 3 aromatic rings. The van der Waals surface area contributed by atoms with Crippen LogP contribution in [0.4, 0.5) is 10.5 Å². The van der Waals surface area contributed by atoms with E-state index < -0.39 is 6.04 Å². The fourth-order valence-corrected chi connectivity index (χ4v) is 3.51. The lowest BCUT2D eigenvalue weighted by molar-refractivity contribution is 0.136. The number of urea groups is 1. The highest BCUT2D eigenvalue weighted by molar-refractivity contribution is 5.89. The maximum Gasteiger partial charge on any atom is 0.322 e. The summed E-state index contributed by atoms with van der Waals surface area (Å²) in [6.45, 7) is 4.89. The summed E-state index contributed by atoms with van der Waals surface area (Å²) < 4.78 is 12.1. The van der Waals surface area contributed by atoms with Gasteiger partial charge >= 0.3 is 6.03 Å². The Bertz CT molecular complexity index is 1110. The zero-order valence-corrected chi connectivity index (χ0v) is 18.3. The first kappa shape index (κ1) is 22.3. The minimum Gasteiger partial charge on any atom is -0.497 e. The minimum atomic E-state index is -0.460. The van der Waals surface area contributed by atoms with E-state index in [0.29, 0.717) is 47.9 Å². The summed E-state index contributed by atoms with van der Waals surface area (Å²) in [7, 11) is 3.16. The maximum absolute atomic E-state index is 13.2. The van der Waals surface area contributed by atoms with Crippen LogP contribution in [0.5, 0.6) is 5.75 Å². The van der Waals surface area contributed by atoms with Crippen LogP contribution in [-0.2, 0) is 11.3 Å². The summed E-state index contributed by atoms with van der Waals surface area (Å²) in [5, 5.41) is 3.46. The minimum absolute atomic E-state index is 0.116. The van der Waals surface area contributed by atoms with E-state index in [0.717, 1.165) is 0 Å². The van der Waals surface area contributed by atoms with Gasteiger partial charge in [-0.05, 0) is 38.1 Å². The molecular formula is C23H28N4O4. The van der Waals surface area contributed by atoms with Crippen molar-refractivity contribution in [1.82, 2.24) is 14.5 Å². The van der Waals surface area contributed by atoms with E-state index in [1.165, 1.54) is 0 Å². The molecule has 8 nitrogen and oxygen atoms in total. The number of amides is 2. The predicted molar refractivity (Wildman–Crippen MR) is 121 cm³/mol. The third-order valence-corrected chi connectivity index (χ3v) is 5.17. The molecule has 0 aliphatic heterocycles. The third kappa shape index (κ3) is 4.86. The van der Waals surface area contributed by atoms with Crippen LogP contribution in [0.3, 0.4) is 0 Å². The number of nitrogens with one attached hydrogen (secondary N) is 1. The van der Waals surface area contributed by atoms with Crippen molar-refractivity contribution in [1.29, 1.82) is 0 Å². The molecule has 164 valence electrons. The van der Waals surface area contributed by atoms with Gasteiger partial charge in [-0.1, -0.05) is 18.2 Å². The van der Waals surface area contributed by atoms with Crippen LogP contribution in [0, 0.1) is 0 Å². The Morgan fingerprint density at radius 1 is 1.19 bits per heavy atom. The van der Waals surface area contributed by atoms with E-state index in [-0.39, 0.29) is 11.6 Å². The number of aromatic nitrogens is 2. The van der Waals surface area contributed by atoms with Gasteiger partial charge in [-0.15, -0.1) is 0 Å². The van der Waals surface area contributed by atoms with Crippen molar-refractivity contribution in [3.05, 3.63) is 64.7 Å². The first-order valence-corrected chi connectivity index (χ1v) is 10.2. The fraction of sp³-hybridized carbons (Fsp3) is 0.348. The Morgan fingerprint density at radius 2 is 1.97 bits per heavy atom. The first-order chi connectivity index (χ1) is 15.0. The summed E-state index contributed by atoms with van der Waals surface area (Å²) in [6.07, 6.45) is 0. The van der Waals surface area contributed by atoms with Crippen molar-refractivity contribution in [2.24, 2.45) is 0 Å². The van der Waals surface area contributed by atoms with Crippen molar-refractivity contribution in [2.75, 3.05) is 32.7 Å². The van der Waals surface area contributed by atoms with Crippen molar-refractivity contribution in [2.45, 2.75) is 26.4 Å². The molecule has 1 heterocycles. The van der Waals surface area contributed by atoms with Crippen molar-refractivity contribution in [3.63, 3.8) is 0 Å². The first-order valence-electron chi connectivity index (χ1n) is 10.2. The summed E-state index contributed by atoms with van der Waals surface area (Å²) in [4.78, 5) is 32.6. The normalized spacial score (nSPS) is 11.9. The number of carbonyl (C=O) groups is 1. The van der Waals surface area contributed by atoms with E-state index in [9.17, 15) is 9.59 Å². The number of para-hydroxylation sites is 1. The second-order valence-corrected chi connectivity index (χ2v) is 7.06. The second-order valence-electron chi connectivity index (χ2n) is 7.06. The van der Waals surface area contributed by atoms with E-state index in [1.807, 2.05) is 32.0 Å². The molecule has 0 spiro atoms. The van der Waals surface area contributed by atoms with Crippen LogP contribution >= 0.6 is 0 Å². The highest BCUT2D eigenvalue weighted by Crippen LogP contribution is 2.22. The van der Waals surface area contributed by atoms with Crippen LogP contribution in [0.15, 0.2) is 53.3 Å². The molecule has 0 saturated carbocycles. The average molecular weight is 425 g/mol. The van der Waals surface area contributed by atoms with Crippen LogP contribution in [0.1, 0.15) is 25.7 Å².